The monoisotopic (exact) mass is 402 g/mol. The number of amides is 1. The minimum atomic E-state index is -0.0721. The lowest BCUT2D eigenvalue weighted by atomic mass is 10.0. The minimum Gasteiger partial charge on any atom is -0.355 e. The molecule has 0 fully saturated rings. The normalized spacial score (nSPS) is 12.9. The number of H-pyrrole nitrogens is 1. The van der Waals surface area contributed by atoms with Crippen LogP contribution in [0.2, 0.25) is 5.02 Å². The number of rotatable bonds is 5. The molecule has 0 aliphatic carbocycles. The van der Waals surface area contributed by atoms with Crippen molar-refractivity contribution in [3.05, 3.63) is 88.2 Å². The molecule has 4 aromatic rings. The number of benzene rings is 2. The van der Waals surface area contributed by atoms with Crippen molar-refractivity contribution in [2.45, 2.75) is 19.6 Å². The second kappa shape index (κ2) is 7.35. The van der Waals surface area contributed by atoms with Gasteiger partial charge in [-0.25, -0.2) is 0 Å². The van der Waals surface area contributed by atoms with Crippen molar-refractivity contribution >= 4 is 28.4 Å². The maximum atomic E-state index is 12.3. The van der Waals surface area contributed by atoms with Gasteiger partial charge in [-0.1, -0.05) is 23.7 Å². The predicted molar refractivity (Wildman–Crippen MR) is 115 cm³/mol. The molecule has 3 heterocycles. The van der Waals surface area contributed by atoms with E-state index in [1.807, 2.05) is 24.3 Å². The molecule has 3 N–H and O–H groups in total. The molecule has 5 nitrogen and oxygen atoms in total. The molecule has 144 valence electrons. The van der Waals surface area contributed by atoms with Crippen molar-refractivity contribution in [1.29, 1.82) is 0 Å². The first-order valence-electron chi connectivity index (χ1n) is 9.50. The fourth-order valence-electron chi connectivity index (χ4n) is 3.83. The highest BCUT2D eigenvalue weighted by Gasteiger charge is 2.26. The van der Waals surface area contributed by atoms with Crippen LogP contribution >= 0.6 is 11.6 Å². The highest BCUT2D eigenvalue weighted by molar-refractivity contribution is 6.32. The fourth-order valence-corrected chi connectivity index (χ4v) is 4.05. The average molecular weight is 403 g/mol. The van der Waals surface area contributed by atoms with Crippen molar-refractivity contribution in [3.63, 3.8) is 0 Å². The van der Waals surface area contributed by atoms with Crippen molar-refractivity contribution in [2.75, 3.05) is 0 Å². The first-order valence-corrected chi connectivity index (χ1v) is 9.88. The molecule has 6 heteroatoms. The van der Waals surface area contributed by atoms with Crippen LogP contribution in [0.4, 0.5) is 0 Å². The third kappa shape index (κ3) is 3.39. The average Bonchev–Trinajstić information content (AvgIpc) is 3.33. The zero-order valence-corrected chi connectivity index (χ0v) is 16.4. The van der Waals surface area contributed by atoms with E-state index in [0.29, 0.717) is 17.1 Å². The summed E-state index contributed by atoms with van der Waals surface area (Å²) in [6, 6.07) is 16.2. The zero-order valence-electron chi connectivity index (χ0n) is 15.6. The molecule has 0 bridgehead atoms. The summed E-state index contributed by atoms with van der Waals surface area (Å²) in [5.74, 6) is -0.0721. The Kier molecular flexibility index (Phi) is 4.54. The quantitative estimate of drug-likeness (QED) is 0.463. The van der Waals surface area contributed by atoms with Crippen molar-refractivity contribution in [1.82, 2.24) is 20.6 Å². The van der Waals surface area contributed by atoms with E-state index < -0.39 is 0 Å². The summed E-state index contributed by atoms with van der Waals surface area (Å²) < 4.78 is 0. The van der Waals surface area contributed by atoms with Gasteiger partial charge < -0.3 is 15.6 Å². The number of nitrogens with one attached hydrogen (secondary N) is 3. The van der Waals surface area contributed by atoms with E-state index in [2.05, 4.69) is 44.9 Å². The minimum absolute atomic E-state index is 0.0721. The first kappa shape index (κ1) is 17.9. The van der Waals surface area contributed by atoms with Gasteiger partial charge >= 0.3 is 0 Å². The third-order valence-corrected chi connectivity index (χ3v) is 5.65. The highest BCUT2D eigenvalue weighted by atomic mass is 35.5. The summed E-state index contributed by atoms with van der Waals surface area (Å²) in [6.45, 7) is 2.05. The fraction of sp³-hybridized carbons (Fsp3) is 0.130. The van der Waals surface area contributed by atoms with Gasteiger partial charge in [0, 0.05) is 64.8 Å². The van der Waals surface area contributed by atoms with Gasteiger partial charge in [-0.05, 0) is 47.5 Å². The van der Waals surface area contributed by atoms with Crippen LogP contribution in [0.1, 0.15) is 27.0 Å². The molecule has 0 radical (unpaired) electrons. The summed E-state index contributed by atoms with van der Waals surface area (Å²) in [5, 5.41) is 8.07. The number of pyridine rings is 1. The number of aromatic amines is 1. The van der Waals surface area contributed by atoms with E-state index in [1.54, 1.807) is 12.4 Å². The van der Waals surface area contributed by atoms with Gasteiger partial charge in [0.25, 0.3) is 5.91 Å². The summed E-state index contributed by atoms with van der Waals surface area (Å²) in [7, 11) is 0. The molecule has 2 aromatic carbocycles. The Bertz CT molecular complexity index is 1220. The number of aromatic nitrogens is 2. The molecule has 1 aliphatic rings. The van der Waals surface area contributed by atoms with Gasteiger partial charge in [0.05, 0.1) is 5.56 Å². The van der Waals surface area contributed by atoms with Crippen LogP contribution in [0, 0.1) is 0 Å². The van der Waals surface area contributed by atoms with Crippen LogP contribution in [-0.2, 0) is 19.6 Å². The van der Waals surface area contributed by atoms with Crippen molar-refractivity contribution in [3.8, 4) is 11.3 Å². The Morgan fingerprint density at radius 1 is 1.00 bits per heavy atom. The van der Waals surface area contributed by atoms with Crippen LogP contribution in [0.15, 0.2) is 60.9 Å². The van der Waals surface area contributed by atoms with Crippen LogP contribution in [0.25, 0.3) is 22.2 Å². The smallest absolute Gasteiger partial charge is 0.252 e. The number of carbonyl (C=O) groups excluding carboxylic acids is 1. The molecule has 5 rings (SSSR count). The number of hydrogen-bond acceptors (Lipinski definition) is 3. The van der Waals surface area contributed by atoms with Crippen LogP contribution in [0.5, 0.6) is 0 Å². The standard InChI is InChI=1S/C23H19ClN4O/c24-19-3-2-17(22-18(19)13-27-23(22)29)21-10-16-9-15(1-4-20(16)28-21)12-26-11-14-5-7-25-8-6-14/h1-10,26,28H,11-13H2,(H,27,29). The molecule has 0 unspecified atom stereocenters. The second-order valence-electron chi connectivity index (χ2n) is 7.19. The van der Waals surface area contributed by atoms with E-state index in [1.165, 1.54) is 11.1 Å². The molecular formula is C23H19ClN4O. The van der Waals surface area contributed by atoms with Gasteiger partial charge in [-0.2, -0.15) is 0 Å². The number of carbonyl (C=O) groups is 1. The largest absolute Gasteiger partial charge is 0.355 e. The lowest BCUT2D eigenvalue weighted by Gasteiger charge is -2.06. The van der Waals surface area contributed by atoms with Gasteiger partial charge in [0.1, 0.15) is 0 Å². The van der Waals surface area contributed by atoms with E-state index in [9.17, 15) is 4.79 Å². The molecule has 29 heavy (non-hydrogen) atoms. The molecule has 1 aliphatic heterocycles. The molecule has 2 aromatic heterocycles. The van der Waals surface area contributed by atoms with Crippen molar-refractivity contribution < 1.29 is 4.79 Å². The van der Waals surface area contributed by atoms with Crippen LogP contribution in [0.3, 0.4) is 0 Å². The second-order valence-corrected chi connectivity index (χ2v) is 7.60. The molecule has 0 spiro atoms. The number of halogens is 1. The Morgan fingerprint density at radius 2 is 1.83 bits per heavy atom. The van der Waals surface area contributed by atoms with Gasteiger partial charge in [0.15, 0.2) is 0 Å². The molecule has 0 saturated carbocycles. The first-order chi connectivity index (χ1) is 14.2. The zero-order chi connectivity index (χ0) is 19.8. The van der Waals surface area contributed by atoms with E-state index in [0.717, 1.165) is 40.8 Å². The Labute approximate surface area is 173 Å². The summed E-state index contributed by atoms with van der Waals surface area (Å²) in [6.07, 6.45) is 3.61. The van der Waals surface area contributed by atoms with Gasteiger partial charge in [0.2, 0.25) is 0 Å². The molecule has 0 atom stereocenters. The SMILES string of the molecule is O=C1NCc2c(Cl)ccc(-c3cc4cc(CNCc5ccncc5)ccc4[nH]3)c21. The van der Waals surface area contributed by atoms with Crippen molar-refractivity contribution in [2.24, 2.45) is 0 Å². The van der Waals surface area contributed by atoms with Crippen LogP contribution < -0.4 is 10.6 Å². The molecule has 1 amide bonds. The number of fused-ring (bicyclic) bond motifs is 2. The topological polar surface area (TPSA) is 69.8 Å². The third-order valence-electron chi connectivity index (χ3n) is 5.29. The maximum Gasteiger partial charge on any atom is 0.252 e. The van der Waals surface area contributed by atoms with Crippen LogP contribution in [-0.4, -0.2) is 15.9 Å². The predicted octanol–water partition coefficient (Wildman–Crippen LogP) is 4.42. The lowest BCUT2D eigenvalue weighted by Crippen LogP contribution is -2.13. The molecular weight excluding hydrogens is 384 g/mol. The summed E-state index contributed by atoms with van der Waals surface area (Å²) in [5.41, 5.74) is 6.80. The summed E-state index contributed by atoms with van der Waals surface area (Å²) >= 11 is 6.27. The Morgan fingerprint density at radius 3 is 2.69 bits per heavy atom. The number of hydrogen-bond donors (Lipinski definition) is 3. The van der Waals surface area contributed by atoms with E-state index >= 15 is 0 Å². The highest BCUT2D eigenvalue weighted by Crippen LogP contribution is 2.34. The number of nitrogens with zero attached hydrogens (tertiary/aromatic N) is 1. The Hall–Kier alpha value is -3.15. The Balaban J connectivity index is 1.41. The van der Waals surface area contributed by atoms with E-state index in [4.69, 9.17) is 11.6 Å². The van der Waals surface area contributed by atoms with Gasteiger partial charge in [-0.3, -0.25) is 9.78 Å². The van der Waals surface area contributed by atoms with Gasteiger partial charge in [-0.15, -0.1) is 0 Å². The summed E-state index contributed by atoms with van der Waals surface area (Å²) in [4.78, 5) is 19.8. The molecule has 0 saturated heterocycles. The van der Waals surface area contributed by atoms with E-state index in [-0.39, 0.29) is 5.91 Å². The maximum absolute atomic E-state index is 12.3. The lowest BCUT2D eigenvalue weighted by molar-refractivity contribution is 0.0966.